The number of hydrogen-bond acceptors (Lipinski definition) is 4. The van der Waals surface area contributed by atoms with Crippen LogP contribution in [0.2, 0.25) is 0 Å². The Bertz CT molecular complexity index is 438. The number of rotatable bonds is 5. The minimum atomic E-state index is -0.810. The summed E-state index contributed by atoms with van der Waals surface area (Å²) >= 11 is 2.99. The monoisotopic (exact) mass is 386 g/mol. The lowest BCUT2D eigenvalue weighted by Gasteiger charge is -2.28. The lowest BCUT2D eigenvalue weighted by atomic mass is 10.3. The number of benzene rings is 1. The van der Waals surface area contributed by atoms with Gasteiger partial charge in [-0.2, -0.15) is 0 Å². The van der Waals surface area contributed by atoms with Crippen molar-refractivity contribution in [3.63, 3.8) is 0 Å². The lowest BCUT2D eigenvalue weighted by molar-refractivity contribution is -0.0000445. The second kappa shape index (κ2) is 8.85. The second-order valence-electron chi connectivity index (χ2n) is 4.58. The van der Waals surface area contributed by atoms with Crippen LogP contribution in [0.25, 0.3) is 0 Å². The molecule has 8 heteroatoms. The quantitative estimate of drug-likeness (QED) is 0.690. The van der Waals surface area contributed by atoms with Gasteiger partial charge in [0.05, 0.1) is 13.2 Å². The maximum Gasteiger partial charge on any atom is 0.190 e. The Morgan fingerprint density at radius 2 is 1.86 bits per heavy atom. The number of nitrogens with zero attached hydrogens (tertiary/aromatic N) is 1. The number of aliphatic hydroxyl groups is 1. The van der Waals surface area contributed by atoms with Crippen LogP contribution in [-0.4, -0.2) is 55.6 Å². The van der Waals surface area contributed by atoms with E-state index in [4.69, 9.17) is 9.47 Å². The van der Waals surface area contributed by atoms with E-state index in [0.717, 1.165) is 25.2 Å². The molecular weight excluding hydrogens is 372 g/mol. The fourth-order valence-corrected chi connectivity index (χ4v) is 2.38. The molecule has 21 heavy (non-hydrogen) atoms. The molecule has 2 rings (SSSR count). The number of morpholine rings is 1. The van der Waals surface area contributed by atoms with E-state index in [0.29, 0.717) is 24.2 Å². The fourth-order valence-electron chi connectivity index (χ4n) is 1.98. The maximum absolute atomic E-state index is 13.5. The molecule has 4 nitrogen and oxygen atoms in total. The Morgan fingerprint density at radius 1 is 1.29 bits per heavy atom. The molecule has 0 aliphatic carbocycles. The van der Waals surface area contributed by atoms with Crippen molar-refractivity contribution in [2.24, 2.45) is 0 Å². The first kappa shape index (κ1) is 18.6. The smallest absolute Gasteiger partial charge is 0.190 e. The number of hydrogen-bond donors (Lipinski definition) is 1. The predicted molar refractivity (Wildman–Crippen MR) is 72.8 cm³/mol. The molecule has 0 spiro atoms. The van der Waals surface area contributed by atoms with Crippen molar-refractivity contribution in [3.8, 4) is 5.75 Å². The molecule has 0 aromatic heterocycles. The lowest BCUT2D eigenvalue weighted by Crippen LogP contribution is -3.00. The van der Waals surface area contributed by atoms with Crippen LogP contribution >= 0.6 is 15.9 Å². The van der Waals surface area contributed by atoms with Crippen LogP contribution < -0.4 is 17.1 Å². The predicted octanol–water partition coefficient (Wildman–Crippen LogP) is -1.20. The first-order valence-electron chi connectivity index (χ1n) is 6.32. The van der Waals surface area contributed by atoms with E-state index in [-0.39, 0.29) is 19.0 Å². The molecule has 1 fully saturated rings. The summed E-state index contributed by atoms with van der Waals surface area (Å²) in [5.74, 6) is -2.06. The molecule has 1 atom stereocenters. The summed E-state index contributed by atoms with van der Waals surface area (Å²) in [7, 11) is 0. The van der Waals surface area contributed by atoms with Crippen molar-refractivity contribution in [2.75, 3.05) is 39.5 Å². The number of halogens is 4. The van der Waals surface area contributed by atoms with Gasteiger partial charge in [0.2, 0.25) is 0 Å². The second-order valence-corrected chi connectivity index (χ2v) is 5.49. The fraction of sp³-hybridized carbons (Fsp3) is 0.538. The van der Waals surface area contributed by atoms with Crippen molar-refractivity contribution in [3.05, 3.63) is 28.2 Å². The molecule has 1 N–H and O–H groups in total. The van der Waals surface area contributed by atoms with Crippen LogP contribution in [0, 0.1) is 11.6 Å². The van der Waals surface area contributed by atoms with Crippen molar-refractivity contribution in [2.45, 2.75) is 6.10 Å². The van der Waals surface area contributed by atoms with Gasteiger partial charge in [-0.3, -0.25) is 4.90 Å². The summed E-state index contributed by atoms with van der Waals surface area (Å²) in [5, 5.41) is 9.84. The summed E-state index contributed by atoms with van der Waals surface area (Å²) < 4.78 is 37.6. The first-order chi connectivity index (χ1) is 9.56. The molecule has 1 aliphatic rings. The van der Waals surface area contributed by atoms with E-state index in [2.05, 4.69) is 15.9 Å². The van der Waals surface area contributed by atoms with Gasteiger partial charge >= 0.3 is 0 Å². The van der Waals surface area contributed by atoms with E-state index in [9.17, 15) is 13.9 Å². The molecule has 0 bridgehead atoms. The summed E-state index contributed by atoms with van der Waals surface area (Å²) in [4.78, 5) is 2.02. The molecular formula is C13H16BrClF2NO3-. The Kier molecular flexibility index (Phi) is 7.83. The van der Waals surface area contributed by atoms with E-state index in [1.165, 1.54) is 0 Å². The van der Waals surface area contributed by atoms with Gasteiger partial charge in [0.25, 0.3) is 0 Å². The number of aliphatic hydroxyl groups excluding tert-OH is 1. The average molecular weight is 388 g/mol. The van der Waals surface area contributed by atoms with E-state index in [1.807, 2.05) is 4.90 Å². The summed E-state index contributed by atoms with van der Waals surface area (Å²) in [5.41, 5.74) is 0. The Morgan fingerprint density at radius 3 is 2.43 bits per heavy atom. The molecule has 120 valence electrons. The third-order valence-electron chi connectivity index (χ3n) is 2.96. The van der Waals surface area contributed by atoms with Gasteiger partial charge in [-0.25, -0.2) is 8.78 Å². The molecule has 1 unspecified atom stereocenters. The minimum absolute atomic E-state index is 0. The molecule has 1 aliphatic heterocycles. The van der Waals surface area contributed by atoms with E-state index < -0.39 is 23.5 Å². The third kappa shape index (κ3) is 5.67. The molecule has 1 heterocycles. The number of ether oxygens (including phenoxy) is 2. The van der Waals surface area contributed by atoms with Crippen LogP contribution in [-0.2, 0) is 4.74 Å². The van der Waals surface area contributed by atoms with E-state index >= 15 is 0 Å². The summed E-state index contributed by atoms with van der Waals surface area (Å²) in [6.45, 7) is 2.96. The molecule has 0 saturated carbocycles. The number of β-amino-alcohol motifs (C(OH)–C–C–N with tert-alkyl or cyclic N) is 1. The van der Waals surface area contributed by atoms with Crippen molar-refractivity contribution in [1.29, 1.82) is 0 Å². The largest absolute Gasteiger partial charge is 1.00 e. The van der Waals surface area contributed by atoms with Gasteiger partial charge in [0.15, 0.2) is 17.4 Å². The molecule has 1 saturated heterocycles. The van der Waals surface area contributed by atoms with Crippen LogP contribution in [0.1, 0.15) is 0 Å². The highest BCUT2D eigenvalue weighted by molar-refractivity contribution is 9.10. The maximum atomic E-state index is 13.5. The molecule has 0 radical (unpaired) electrons. The minimum Gasteiger partial charge on any atom is -1.00 e. The highest BCUT2D eigenvalue weighted by atomic mass is 79.9. The van der Waals surface area contributed by atoms with Crippen molar-refractivity contribution >= 4 is 15.9 Å². The van der Waals surface area contributed by atoms with Crippen molar-refractivity contribution in [1.82, 2.24) is 4.90 Å². The first-order valence-corrected chi connectivity index (χ1v) is 7.11. The zero-order chi connectivity index (χ0) is 14.5. The van der Waals surface area contributed by atoms with Crippen molar-refractivity contribution < 1.29 is 35.8 Å². The normalized spacial score (nSPS) is 17.1. The third-order valence-corrected chi connectivity index (χ3v) is 3.41. The van der Waals surface area contributed by atoms with Gasteiger partial charge in [-0.05, 0) is 12.1 Å². The Hall–Kier alpha value is -0.470. The highest BCUT2D eigenvalue weighted by Gasteiger charge is 2.17. The van der Waals surface area contributed by atoms with Crippen LogP contribution in [0.5, 0.6) is 5.75 Å². The highest BCUT2D eigenvalue weighted by Crippen LogP contribution is 2.25. The average Bonchev–Trinajstić information content (AvgIpc) is 2.38. The Labute approximate surface area is 136 Å². The van der Waals surface area contributed by atoms with Crippen LogP contribution in [0.15, 0.2) is 16.6 Å². The van der Waals surface area contributed by atoms with Crippen LogP contribution in [0.4, 0.5) is 8.78 Å². The van der Waals surface area contributed by atoms with Gasteiger partial charge < -0.3 is 27.0 Å². The zero-order valence-electron chi connectivity index (χ0n) is 11.2. The summed E-state index contributed by atoms with van der Waals surface area (Å²) in [6, 6.07) is 2.24. The van der Waals surface area contributed by atoms with Gasteiger partial charge in [-0.15, -0.1) is 0 Å². The molecule has 1 aromatic rings. The SMILES string of the molecule is OC(COc1c(F)cc(Br)cc1F)CN1CCOCC1.[Cl-]. The van der Waals surface area contributed by atoms with Gasteiger partial charge in [0, 0.05) is 24.1 Å². The van der Waals surface area contributed by atoms with Gasteiger partial charge in [-0.1, -0.05) is 15.9 Å². The van der Waals surface area contributed by atoms with E-state index in [1.54, 1.807) is 0 Å². The topological polar surface area (TPSA) is 41.9 Å². The molecule has 1 aromatic carbocycles. The molecule has 0 amide bonds. The zero-order valence-corrected chi connectivity index (χ0v) is 13.5. The summed E-state index contributed by atoms with van der Waals surface area (Å²) in [6.07, 6.45) is -0.810. The standard InChI is InChI=1S/C13H16BrF2NO3.ClH/c14-9-5-11(15)13(12(16)6-9)20-8-10(18)7-17-1-3-19-4-2-17;/h5-6,10,18H,1-4,7-8H2;1H/p-1. The van der Waals surface area contributed by atoms with Crippen LogP contribution in [0.3, 0.4) is 0 Å². The Balaban J connectivity index is 0.00000220. The van der Waals surface area contributed by atoms with Gasteiger partial charge in [0.1, 0.15) is 12.7 Å².